The third-order valence-corrected chi connectivity index (χ3v) is 1.89. The zero-order valence-corrected chi connectivity index (χ0v) is 7.94. The van der Waals surface area contributed by atoms with Crippen molar-refractivity contribution in [2.75, 3.05) is 5.32 Å². The van der Waals surface area contributed by atoms with Gasteiger partial charge in [0.05, 0.1) is 0 Å². The number of anilines is 1. The van der Waals surface area contributed by atoms with Gasteiger partial charge in [0.2, 0.25) is 5.91 Å². The van der Waals surface area contributed by atoms with E-state index in [4.69, 9.17) is 0 Å². The van der Waals surface area contributed by atoms with Gasteiger partial charge in [0.25, 0.3) is 0 Å². The molecule has 0 heterocycles. The number of carbonyl (C=O) groups is 1. The minimum absolute atomic E-state index is 0.189. The molecule has 1 aromatic carbocycles. The highest BCUT2D eigenvalue weighted by Crippen LogP contribution is 2.20. The summed E-state index contributed by atoms with van der Waals surface area (Å²) in [6.45, 7) is 4.74. The highest BCUT2D eigenvalue weighted by molar-refractivity contribution is 5.89. The van der Waals surface area contributed by atoms with Gasteiger partial charge in [-0.2, -0.15) is 0 Å². The van der Waals surface area contributed by atoms with Crippen LogP contribution < -0.4 is 5.32 Å². The molecule has 0 aliphatic carbocycles. The summed E-state index contributed by atoms with van der Waals surface area (Å²) in [5, 5.41) is 2.56. The van der Waals surface area contributed by atoms with E-state index in [2.05, 4.69) is 5.32 Å². The minimum atomic E-state index is -0.258. The summed E-state index contributed by atoms with van der Waals surface area (Å²) in [6.07, 6.45) is 0. The second-order valence-corrected chi connectivity index (χ2v) is 3.05. The van der Waals surface area contributed by atoms with Crippen LogP contribution in [0.1, 0.15) is 18.1 Å². The largest absolute Gasteiger partial charge is 0.326 e. The zero-order valence-electron chi connectivity index (χ0n) is 7.94. The Morgan fingerprint density at radius 3 is 2.54 bits per heavy atom. The van der Waals surface area contributed by atoms with Gasteiger partial charge in [0.15, 0.2) is 0 Å². The number of rotatable bonds is 1. The van der Waals surface area contributed by atoms with E-state index in [1.807, 2.05) is 0 Å². The van der Waals surface area contributed by atoms with Gasteiger partial charge in [0, 0.05) is 18.2 Å². The Morgan fingerprint density at radius 1 is 1.38 bits per heavy atom. The number of benzene rings is 1. The van der Waals surface area contributed by atoms with Gasteiger partial charge in [0.1, 0.15) is 5.82 Å². The zero-order chi connectivity index (χ0) is 10.0. The van der Waals surface area contributed by atoms with Crippen LogP contribution in [-0.2, 0) is 4.79 Å². The number of hydrogen-bond donors (Lipinski definition) is 1. The van der Waals surface area contributed by atoms with Crippen LogP contribution in [0.5, 0.6) is 0 Å². The molecular formula is C10H12FNO. The Kier molecular flexibility index (Phi) is 2.66. The molecule has 0 fully saturated rings. The van der Waals surface area contributed by atoms with Crippen molar-refractivity contribution in [2.45, 2.75) is 20.8 Å². The molecule has 1 amide bonds. The summed E-state index contributed by atoms with van der Waals surface area (Å²) >= 11 is 0. The van der Waals surface area contributed by atoms with E-state index in [9.17, 15) is 9.18 Å². The Bertz CT molecular complexity index is 347. The predicted molar refractivity (Wildman–Crippen MR) is 50.2 cm³/mol. The highest BCUT2D eigenvalue weighted by Gasteiger charge is 2.06. The first-order valence-corrected chi connectivity index (χ1v) is 4.05. The van der Waals surface area contributed by atoms with E-state index < -0.39 is 0 Å². The maximum absolute atomic E-state index is 13.3. The third kappa shape index (κ3) is 2.05. The molecule has 0 spiro atoms. The quantitative estimate of drug-likeness (QED) is 0.708. The smallest absolute Gasteiger partial charge is 0.221 e. The average molecular weight is 181 g/mol. The van der Waals surface area contributed by atoms with Crippen LogP contribution in [0.3, 0.4) is 0 Å². The molecule has 3 heteroatoms. The fraction of sp³-hybridized carbons (Fsp3) is 0.300. The van der Waals surface area contributed by atoms with Crippen molar-refractivity contribution < 1.29 is 9.18 Å². The summed E-state index contributed by atoms with van der Waals surface area (Å²) in [6, 6.07) is 3.35. The number of halogens is 1. The Hall–Kier alpha value is -1.38. The summed E-state index contributed by atoms with van der Waals surface area (Å²) in [7, 11) is 0. The second-order valence-electron chi connectivity index (χ2n) is 3.05. The van der Waals surface area contributed by atoms with Crippen molar-refractivity contribution in [1.82, 2.24) is 0 Å². The van der Waals surface area contributed by atoms with Crippen LogP contribution in [0.2, 0.25) is 0 Å². The van der Waals surface area contributed by atoms with Gasteiger partial charge >= 0.3 is 0 Å². The lowest BCUT2D eigenvalue weighted by molar-refractivity contribution is -0.114. The lowest BCUT2D eigenvalue weighted by Gasteiger charge is -2.08. The maximum atomic E-state index is 13.3. The van der Waals surface area contributed by atoms with Gasteiger partial charge in [-0.15, -0.1) is 0 Å². The molecule has 0 aliphatic rings. The molecule has 0 unspecified atom stereocenters. The number of aryl methyl sites for hydroxylation is 1. The van der Waals surface area contributed by atoms with Crippen molar-refractivity contribution in [3.63, 3.8) is 0 Å². The van der Waals surface area contributed by atoms with Crippen LogP contribution in [0.4, 0.5) is 10.1 Å². The van der Waals surface area contributed by atoms with E-state index in [1.54, 1.807) is 26.0 Å². The molecule has 0 saturated carbocycles. The van der Waals surface area contributed by atoms with Crippen molar-refractivity contribution in [2.24, 2.45) is 0 Å². The van der Waals surface area contributed by atoms with E-state index in [1.165, 1.54) is 6.92 Å². The van der Waals surface area contributed by atoms with Crippen molar-refractivity contribution in [3.8, 4) is 0 Å². The fourth-order valence-electron chi connectivity index (χ4n) is 1.15. The molecule has 1 aromatic rings. The molecule has 0 aromatic heterocycles. The summed E-state index contributed by atoms with van der Waals surface area (Å²) in [5.74, 6) is -0.447. The summed E-state index contributed by atoms with van der Waals surface area (Å²) in [5.41, 5.74) is 1.61. The normalized spacial score (nSPS) is 9.85. The SMILES string of the molecule is CC(=O)Nc1ccc(C)c(F)c1C. The topological polar surface area (TPSA) is 29.1 Å². The number of carbonyl (C=O) groups excluding carboxylic acids is 1. The first-order valence-electron chi connectivity index (χ1n) is 4.05. The number of hydrogen-bond acceptors (Lipinski definition) is 1. The molecule has 1 rings (SSSR count). The van der Waals surface area contributed by atoms with E-state index >= 15 is 0 Å². The lowest BCUT2D eigenvalue weighted by atomic mass is 10.1. The van der Waals surface area contributed by atoms with E-state index in [0.29, 0.717) is 16.8 Å². The fourth-order valence-corrected chi connectivity index (χ4v) is 1.15. The van der Waals surface area contributed by atoms with Crippen LogP contribution in [0.15, 0.2) is 12.1 Å². The Balaban J connectivity index is 3.10. The van der Waals surface area contributed by atoms with Crippen molar-refractivity contribution in [1.29, 1.82) is 0 Å². The maximum Gasteiger partial charge on any atom is 0.221 e. The average Bonchev–Trinajstić information content (AvgIpc) is 2.06. The van der Waals surface area contributed by atoms with Gasteiger partial charge in [-0.25, -0.2) is 4.39 Å². The molecular weight excluding hydrogens is 169 g/mol. The van der Waals surface area contributed by atoms with E-state index in [0.717, 1.165) is 0 Å². The van der Waals surface area contributed by atoms with Gasteiger partial charge < -0.3 is 5.32 Å². The predicted octanol–water partition coefficient (Wildman–Crippen LogP) is 2.40. The second kappa shape index (κ2) is 3.56. The van der Waals surface area contributed by atoms with Gasteiger partial charge in [-0.1, -0.05) is 6.07 Å². The molecule has 0 aliphatic heterocycles. The third-order valence-electron chi connectivity index (χ3n) is 1.89. The van der Waals surface area contributed by atoms with Gasteiger partial charge in [-0.05, 0) is 25.5 Å². The molecule has 0 bridgehead atoms. The first kappa shape index (κ1) is 9.71. The molecule has 1 N–H and O–H groups in total. The molecule has 0 saturated heterocycles. The standard InChI is InChI=1S/C10H12FNO/c1-6-4-5-9(12-8(3)13)7(2)10(6)11/h4-5H,1-3H3,(H,12,13). The molecule has 2 nitrogen and oxygen atoms in total. The van der Waals surface area contributed by atoms with Crippen molar-refractivity contribution >= 4 is 11.6 Å². The molecule has 13 heavy (non-hydrogen) atoms. The summed E-state index contributed by atoms with van der Waals surface area (Å²) < 4.78 is 13.3. The minimum Gasteiger partial charge on any atom is -0.326 e. The summed E-state index contributed by atoms with van der Waals surface area (Å²) in [4.78, 5) is 10.7. The first-order chi connectivity index (χ1) is 6.02. The molecule has 0 radical (unpaired) electrons. The van der Waals surface area contributed by atoms with Gasteiger partial charge in [-0.3, -0.25) is 4.79 Å². The Labute approximate surface area is 76.8 Å². The van der Waals surface area contributed by atoms with Crippen LogP contribution >= 0.6 is 0 Å². The number of nitrogens with one attached hydrogen (secondary N) is 1. The van der Waals surface area contributed by atoms with Crippen LogP contribution in [0.25, 0.3) is 0 Å². The van der Waals surface area contributed by atoms with E-state index in [-0.39, 0.29) is 11.7 Å². The van der Waals surface area contributed by atoms with Crippen LogP contribution in [0, 0.1) is 19.7 Å². The molecule has 0 atom stereocenters. The van der Waals surface area contributed by atoms with Crippen LogP contribution in [-0.4, -0.2) is 5.91 Å². The Morgan fingerprint density at radius 2 is 2.00 bits per heavy atom. The molecule has 70 valence electrons. The van der Waals surface area contributed by atoms with Crippen molar-refractivity contribution in [3.05, 3.63) is 29.1 Å². The number of amides is 1. The lowest BCUT2D eigenvalue weighted by Crippen LogP contribution is -2.08. The highest BCUT2D eigenvalue weighted by atomic mass is 19.1. The monoisotopic (exact) mass is 181 g/mol.